The summed E-state index contributed by atoms with van der Waals surface area (Å²) in [5.41, 5.74) is 0.333. The van der Waals surface area contributed by atoms with Crippen LogP contribution in [0.1, 0.15) is 25.6 Å². The summed E-state index contributed by atoms with van der Waals surface area (Å²) in [5.74, 6) is 2.74. The fourth-order valence-corrected chi connectivity index (χ4v) is 3.81. The third-order valence-corrected chi connectivity index (χ3v) is 5.56. The first kappa shape index (κ1) is 20.6. The van der Waals surface area contributed by atoms with Crippen LogP contribution in [0.4, 0.5) is 5.00 Å². The van der Waals surface area contributed by atoms with Crippen LogP contribution >= 0.6 is 11.3 Å². The predicted molar refractivity (Wildman–Crippen MR) is 114 cm³/mol. The highest BCUT2D eigenvalue weighted by molar-refractivity contribution is 7.17. The van der Waals surface area contributed by atoms with Crippen molar-refractivity contribution < 1.29 is 14.2 Å². The minimum Gasteiger partial charge on any atom is -0.485 e. The Labute approximate surface area is 175 Å². The number of ether oxygens (including phenoxy) is 3. The molecule has 29 heavy (non-hydrogen) atoms. The summed E-state index contributed by atoms with van der Waals surface area (Å²) in [6, 6.07) is 3.91. The van der Waals surface area contributed by atoms with Gasteiger partial charge >= 0.3 is 0 Å². The van der Waals surface area contributed by atoms with Crippen molar-refractivity contribution in [1.82, 2.24) is 0 Å². The van der Waals surface area contributed by atoms with E-state index in [1.165, 1.54) is 0 Å². The molecular formula is C22H23N3O3S. The molecule has 3 rings (SSSR count). The Hall–Kier alpha value is -3.16. The molecule has 0 radical (unpaired) electrons. The van der Waals surface area contributed by atoms with Crippen LogP contribution in [0.25, 0.3) is 6.08 Å². The molecule has 0 N–H and O–H groups in total. The van der Waals surface area contributed by atoms with Crippen LogP contribution in [0.2, 0.25) is 0 Å². The second kappa shape index (κ2) is 8.06. The van der Waals surface area contributed by atoms with Gasteiger partial charge in [-0.05, 0) is 24.3 Å². The van der Waals surface area contributed by atoms with Crippen LogP contribution in [0, 0.1) is 28.1 Å². The lowest BCUT2D eigenvalue weighted by Crippen LogP contribution is -2.17. The highest BCUT2D eigenvalue weighted by Crippen LogP contribution is 2.49. The van der Waals surface area contributed by atoms with E-state index in [1.807, 2.05) is 64.1 Å². The standard InChI is InChI=1S/C22H23N3O3S/c1-22(2,3)18-11-14(15(12-23)13-24)10-16(28-18)6-7-17-19-20(27-9-8-26-19)21(29-17)25(4)5/h6-7,10-11H,8-9H2,1-5H3/b7-6+. The lowest BCUT2D eigenvalue weighted by molar-refractivity contribution is 0.173. The van der Waals surface area contributed by atoms with E-state index in [-0.39, 0.29) is 11.0 Å². The summed E-state index contributed by atoms with van der Waals surface area (Å²) in [6.07, 6.45) is 7.21. The molecule has 0 amide bonds. The van der Waals surface area contributed by atoms with Gasteiger partial charge in [0.15, 0.2) is 11.5 Å². The molecule has 2 aliphatic rings. The summed E-state index contributed by atoms with van der Waals surface area (Å²) < 4.78 is 17.7. The van der Waals surface area contributed by atoms with Gasteiger partial charge in [-0.15, -0.1) is 11.3 Å². The smallest absolute Gasteiger partial charge is 0.196 e. The lowest BCUT2D eigenvalue weighted by Gasteiger charge is -2.26. The molecule has 0 bridgehead atoms. The van der Waals surface area contributed by atoms with Crippen molar-refractivity contribution in [2.45, 2.75) is 20.8 Å². The summed E-state index contributed by atoms with van der Waals surface area (Å²) in [7, 11) is 3.93. The van der Waals surface area contributed by atoms with Gasteiger partial charge in [0.2, 0.25) is 0 Å². The number of thiophene rings is 1. The van der Waals surface area contributed by atoms with Crippen molar-refractivity contribution in [3.8, 4) is 23.6 Å². The van der Waals surface area contributed by atoms with Crippen molar-refractivity contribution in [3.05, 3.63) is 45.8 Å². The zero-order valence-corrected chi connectivity index (χ0v) is 18.0. The van der Waals surface area contributed by atoms with Gasteiger partial charge in [0.05, 0.1) is 4.88 Å². The minimum absolute atomic E-state index is 0.0566. The van der Waals surface area contributed by atoms with Crippen molar-refractivity contribution in [3.63, 3.8) is 0 Å². The van der Waals surface area contributed by atoms with E-state index in [9.17, 15) is 10.5 Å². The molecule has 6 nitrogen and oxygen atoms in total. The average molecular weight is 410 g/mol. The molecule has 1 aromatic rings. The molecule has 0 atom stereocenters. The zero-order chi connectivity index (χ0) is 21.2. The van der Waals surface area contributed by atoms with Crippen LogP contribution in [-0.2, 0) is 4.74 Å². The first-order valence-corrected chi connectivity index (χ1v) is 10.00. The highest BCUT2D eigenvalue weighted by Gasteiger charge is 2.26. The topological polar surface area (TPSA) is 78.5 Å². The first-order valence-electron chi connectivity index (χ1n) is 9.18. The van der Waals surface area contributed by atoms with Crippen molar-refractivity contribution in [1.29, 1.82) is 10.5 Å². The van der Waals surface area contributed by atoms with E-state index in [0.717, 1.165) is 21.4 Å². The van der Waals surface area contributed by atoms with E-state index < -0.39 is 0 Å². The molecular weight excluding hydrogens is 386 g/mol. The number of anilines is 1. The van der Waals surface area contributed by atoms with Crippen LogP contribution in [0.15, 0.2) is 40.9 Å². The van der Waals surface area contributed by atoms with E-state index in [0.29, 0.717) is 30.3 Å². The minimum atomic E-state index is -0.272. The monoisotopic (exact) mass is 409 g/mol. The summed E-state index contributed by atoms with van der Waals surface area (Å²) in [4.78, 5) is 2.92. The fraction of sp³-hybridized carbons (Fsp3) is 0.364. The summed E-state index contributed by atoms with van der Waals surface area (Å²) in [6.45, 7) is 7.10. The first-order chi connectivity index (χ1) is 13.7. The summed E-state index contributed by atoms with van der Waals surface area (Å²) in [5, 5.41) is 19.5. The molecule has 0 spiro atoms. The fourth-order valence-electron chi connectivity index (χ4n) is 2.79. The maximum Gasteiger partial charge on any atom is 0.196 e. The van der Waals surface area contributed by atoms with E-state index >= 15 is 0 Å². The number of nitrogens with zero attached hydrogens (tertiary/aromatic N) is 3. The van der Waals surface area contributed by atoms with E-state index in [2.05, 4.69) is 0 Å². The Kier molecular flexibility index (Phi) is 5.72. The van der Waals surface area contributed by atoms with Gasteiger partial charge in [0, 0.05) is 25.1 Å². The Morgan fingerprint density at radius 3 is 2.31 bits per heavy atom. The zero-order valence-electron chi connectivity index (χ0n) is 17.2. The molecule has 0 saturated heterocycles. The van der Waals surface area contributed by atoms with Gasteiger partial charge in [-0.1, -0.05) is 20.8 Å². The lowest BCUT2D eigenvalue weighted by atomic mass is 9.90. The number of allylic oxidation sites excluding steroid dienone is 6. The Morgan fingerprint density at radius 2 is 1.72 bits per heavy atom. The van der Waals surface area contributed by atoms with Crippen LogP contribution in [0.5, 0.6) is 11.5 Å². The van der Waals surface area contributed by atoms with E-state index in [4.69, 9.17) is 14.2 Å². The Morgan fingerprint density at radius 1 is 1.07 bits per heavy atom. The third-order valence-electron chi connectivity index (χ3n) is 4.28. The van der Waals surface area contributed by atoms with Crippen LogP contribution in [-0.4, -0.2) is 27.3 Å². The maximum atomic E-state index is 9.27. The molecule has 0 aliphatic carbocycles. The van der Waals surface area contributed by atoms with Gasteiger partial charge in [0.1, 0.15) is 47.4 Å². The SMILES string of the molecule is CN(C)c1sc(/C=C/C2=CC(=C(C#N)C#N)C=C(C(C)(C)C)O2)c2c1OCCO2. The van der Waals surface area contributed by atoms with Gasteiger partial charge in [-0.2, -0.15) is 10.5 Å². The molecule has 150 valence electrons. The molecule has 0 aromatic carbocycles. The quantitative estimate of drug-likeness (QED) is 0.668. The Bertz CT molecular complexity index is 1010. The number of nitriles is 2. The second-order valence-corrected chi connectivity index (χ2v) is 8.85. The largest absolute Gasteiger partial charge is 0.485 e. The normalized spacial score (nSPS) is 15.8. The van der Waals surface area contributed by atoms with E-state index in [1.54, 1.807) is 23.5 Å². The van der Waals surface area contributed by atoms with Gasteiger partial charge in [-0.3, -0.25) is 0 Å². The molecule has 0 fully saturated rings. The molecule has 1 aromatic heterocycles. The van der Waals surface area contributed by atoms with Crippen molar-refractivity contribution in [2.75, 3.05) is 32.2 Å². The Balaban J connectivity index is 2.00. The molecule has 0 unspecified atom stereocenters. The number of hydrogen-bond acceptors (Lipinski definition) is 7. The van der Waals surface area contributed by atoms with Gasteiger partial charge < -0.3 is 19.1 Å². The van der Waals surface area contributed by atoms with Crippen molar-refractivity contribution >= 4 is 22.4 Å². The molecule has 3 heterocycles. The van der Waals surface area contributed by atoms with Crippen molar-refractivity contribution in [2.24, 2.45) is 5.41 Å². The van der Waals surface area contributed by atoms with Gasteiger partial charge in [-0.25, -0.2) is 0 Å². The number of rotatable bonds is 3. The maximum absolute atomic E-state index is 9.27. The average Bonchev–Trinajstić information content (AvgIpc) is 3.06. The number of hydrogen-bond donors (Lipinski definition) is 0. The summed E-state index contributed by atoms with van der Waals surface area (Å²) >= 11 is 1.57. The molecule has 0 saturated carbocycles. The number of fused-ring (bicyclic) bond motifs is 1. The highest BCUT2D eigenvalue weighted by atomic mass is 32.1. The second-order valence-electron chi connectivity index (χ2n) is 7.82. The van der Waals surface area contributed by atoms with Gasteiger partial charge in [0.25, 0.3) is 0 Å². The predicted octanol–water partition coefficient (Wildman–Crippen LogP) is 4.79. The van der Waals surface area contributed by atoms with Crippen LogP contribution in [0.3, 0.4) is 0 Å². The third kappa shape index (κ3) is 4.31. The van der Waals surface area contributed by atoms with Crippen LogP contribution < -0.4 is 14.4 Å². The molecule has 7 heteroatoms. The molecule has 2 aliphatic heterocycles.